The molecule has 0 radical (unpaired) electrons. The van der Waals surface area contributed by atoms with Crippen LogP contribution in [0.5, 0.6) is 0 Å². The van der Waals surface area contributed by atoms with Crippen LogP contribution >= 0.6 is 11.8 Å². The number of aromatic nitrogens is 2. The third-order valence-electron chi connectivity index (χ3n) is 4.78. The van der Waals surface area contributed by atoms with E-state index >= 15 is 0 Å². The molecule has 1 aliphatic heterocycles. The van der Waals surface area contributed by atoms with E-state index < -0.39 is 5.91 Å². The number of allylic oxidation sites excluding steroid dienone is 1. The molecule has 7 nitrogen and oxygen atoms in total. The highest BCUT2D eigenvalue weighted by Gasteiger charge is 2.20. The van der Waals surface area contributed by atoms with E-state index in [1.807, 2.05) is 6.07 Å². The standard InChI is InChI=1S/C22H19FN4O3S/c23-15-6-4-14(5-7-15)16-10-18(19-2-1-9-31-19)26-20(16)22(29)25-12-13-3-8-17(24-11-13)21(28)27-30/h2-8,10-11,26,30H,1,9,12H2,(H,25,29)(H,27,28). The van der Waals surface area contributed by atoms with Crippen LogP contribution in [0, 0.1) is 5.82 Å². The second kappa shape index (κ2) is 9.15. The average molecular weight is 438 g/mol. The van der Waals surface area contributed by atoms with Crippen molar-refractivity contribution in [3.8, 4) is 11.1 Å². The molecule has 0 spiro atoms. The molecule has 0 unspecified atom stereocenters. The van der Waals surface area contributed by atoms with Crippen molar-refractivity contribution in [3.05, 3.63) is 83.2 Å². The molecule has 2 aromatic heterocycles. The van der Waals surface area contributed by atoms with Crippen molar-refractivity contribution in [1.29, 1.82) is 0 Å². The Morgan fingerprint density at radius 3 is 2.61 bits per heavy atom. The zero-order valence-corrected chi connectivity index (χ0v) is 17.1. The van der Waals surface area contributed by atoms with E-state index in [2.05, 4.69) is 21.4 Å². The maximum atomic E-state index is 13.4. The molecule has 4 N–H and O–H groups in total. The number of benzene rings is 1. The molecule has 158 valence electrons. The van der Waals surface area contributed by atoms with Gasteiger partial charge in [-0.1, -0.05) is 24.3 Å². The number of rotatable bonds is 6. The Labute approximate surface area is 181 Å². The molecule has 0 saturated carbocycles. The Kier molecular flexibility index (Phi) is 6.15. The highest BCUT2D eigenvalue weighted by Crippen LogP contribution is 2.36. The molecule has 0 bridgehead atoms. The van der Waals surface area contributed by atoms with E-state index in [1.54, 1.807) is 30.0 Å². The molecular weight excluding hydrogens is 419 g/mol. The van der Waals surface area contributed by atoms with E-state index in [1.165, 1.54) is 29.9 Å². The van der Waals surface area contributed by atoms with Gasteiger partial charge in [0.05, 0.1) is 5.69 Å². The van der Waals surface area contributed by atoms with Crippen LogP contribution in [-0.4, -0.2) is 32.7 Å². The Morgan fingerprint density at radius 2 is 1.97 bits per heavy atom. The molecule has 2 amide bonds. The lowest BCUT2D eigenvalue weighted by Crippen LogP contribution is -2.24. The van der Waals surface area contributed by atoms with Gasteiger partial charge in [0.25, 0.3) is 11.8 Å². The zero-order chi connectivity index (χ0) is 21.8. The minimum absolute atomic E-state index is 0.0625. The molecule has 0 atom stereocenters. The number of nitrogens with zero attached hydrogens (tertiary/aromatic N) is 1. The van der Waals surface area contributed by atoms with Crippen molar-refractivity contribution in [2.45, 2.75) is 13.0 Å². The fraction of sp³-hybridized carbons (Fsp3) is 0.136. The number of amides is 2. The quantitative estimate of drug-likeness (QED) is 0.346. The first-order valence-electron chi connectivity index (χ1n) is 9.55. The van der Waals surface area contributed by atoms with E-state index in [-0.39, 0.29) is 24.0 Å². The molecule has 1 aromatic carbocycles. The van der Waals surface area contributed by atoms with Gasteiger partial charge in [0, 0.05) is 29.0 Å². The first kappa shape index (κ1) is 20.8. The molecule has 1 aliphatic rings. The van der Waals surface area contributed by atoms with Crippen molar-refractivity contribution in [2.75, 3.05) is 5.75 Å². The Hall–Kier alpha value is -3.43. The molecular formula is C22H19FN4O3S. The minimum Gasteiger partial charge on any atom is -0.350 e. The number of carbonyl (C=O) groups excluding carboxylic acids is 2. The number of H-pyrrole nitrogens is 1. The SMILES string of the molecule is O=C(NO)c1ccc(CNC(=O)c2[nH]c(C3=CCCS3)cc2-c2ccc(F)cc2)cn1. The van der Waals surface area contributed by atoms with Gasteiger partial charge in [-0.3, -0.25) is 19.8 Å². The van der Waals surface area contributed by atoms with Crippen LogP contribution in [0.3, 0.4) is 0 Å². The van der Waals surface area contributed by atoms with Crippen molar-refractivity contribution in [2.24, 2.45) is 0 Å². The van der Waals surface area contributed by atoms with Crippen LogP contribution in [0.1, 0.15) is 38.7 Å². The maximum Gasteiger partial charge on any atom is 0.293 e. The number of carbonyl (C=O) groups is 2. The summed E-state index contributed by atoms with van der Waals surface area (Å²) in [4.78, 5) is 32.6. The number of pyridine rings is 1. The highest BCUT2D eigenvalue weighted by molar-refractivity contribution is 8.08. The topological polar surface area (TPSA) is 107 Å². The summed E-state index contributed by atoms with van der Waals surface area (Å²) in [6, 6.07) is 11.0. The Bertz CT molecular complexity index is 1140. The molecule has 0 saturated heterocycles. The van der Waals surface area contributed by atoms with Gasteiger partial charge < -0.3 is 10.3 Å². The fourth-order valence-electron chi connectivity index (χ4n) is 3.22. The lowest BCUT2D eigenvalue weighted by molar-refractivity contribution is 0.0700. The van der Waals surface area contributed by atoms with Crippen molar-refractivity contribution >= 4 is 28.5 Å². The van der Waals surface area contributed by atoms with Gasteiger partial charge in [-0.15, -0.1) is 11.8 Å². The summed E-state index contributed by atoms with van der Waals surface area (Å²) in [5.74, 6) is -0.367. The van der Waals surface area contributed by atoms with E-state index in [4.69, 9.17) is 5.21 Å². The summed E-state index contributed by atoms with van der Waals surface area (Å²) in [5.41, 5.74) is 4.93. The van der Waals surface area contributed by atoms with Gasteiger partial charge in [-0.25, -0.2) is 9.87 Å². The summed E-state index contributed by atoms with van der Waals surface area (Å²) < 4.78 is 13.4. The van der Waals surface area contributed by atoms with E-state index in [9.17, 15) is 14.0 Å². The summed E-state index contributed by atoms with van der Waals surface area (Å²) >= 11 is 1.72. The number of hydrogen-bond acceptors (Lipinski definition) is 5. The van der Waals surface area contributed by atoms with Gasteiger partial charge in [0.1, 0.15) is 17.2 Å². The second-order valence-electron chi connectivity index (χ2n) is 6.86. The predicted octanol–water partition coefficient (Wildman–Crippen LogP) is 3.74. The number of nitrogens with one attached hydrogen (secondary N) is 3. The normalized spacial score (nSPS) is 13.0. The van der Waals surface area contributed by atoms with Crippen molar-refractivity contribution in [3.63, 3.8) is 0 Å². The zero-order valence-electron chi connectivity index (χ0n) is 16.3. The predicted molar refractivity (Wildman–Crippen MR) is 116 cm³/mol. The fourth-order valence-corrected chi connectivity index (χ4v) is 4.18. The summed E-state index contributed by atoms with van der Waals surface area (Å²) in [5, 5.41) is 11.5. The average Bonchev–Trinajstić information content (AvgIpc) is 3.48. The lowest BCUT2D eigenvalue weighted by Gasteiger charge is -2.07. The second-order valence-corrected chi connectivity index (χ2v) is 8.00. The van der Waals surface area contributed by atoms with Crippen LogP contribution in [-0.2, 0) is 6.54 Å². The minimum atomic E-state index is -0.711. The van der Waals surface area contributed by atoms with Gasteiger partial charge >= 0.3 is 0 Å². The Morgan fingerprint density at radius 1 is 1.16 bits per heavy atom. The van der Waals surface area contributed by atoms with Gasteiger partial charge in [0.2, 0.25) is 0 Å². The molecule has 0 aliphatic carbocycles. The molecule has 3 aromatic rings. The molecule has 3 heterocycles. The summed E-state index contributed by atoms with van der Waals surface area (Å²) in [6.45, 7) is 0.196. The van der Waals surface area contributed by atoms with Crippen LogP contribution < -0.4 is 10.8 Å². The Balaban J connectivity index is 1.56. The summed E-state index contributed by atoms with van der Waals surface area (Å²) in [6.07, 6.45) is 4.55. The molecule has 9 heteroatoms. The number of thioether (sulfide) groups is 1. The molecule has 31 heavy (non-hydrogen) atoms. The number of hydroxylamine groups is 1. The van der Waals surface area contributed by atoms with Crippen LogP contribution in [0.25, 0.3) is 16.0 Å². The van der Waals surface area contributed by atoms with Crippen molar-refractivity contribution < 1.29 is 19.2 Å². The maximum absolute atomic E-state index is 13.4. The number of hydrogen-bond donors (Lipinski definition) is 4. The van der Waals surface area contributed by atoms with E-state index in [0.717, 1.165) is 28.3 Å². The molecule has 4 rings (SSSR count). The highest BCUT2D eigenvalue weighted by atomic mass is 32.2. The third-order valence-corrected chi connectivity index (χ3v) is 5.92. The summed E-state index contributed by atoms with van der Waals surface area (Å²) in [7, 11) is 0. The van der Waals surface area contributed by atoms with Crippen LogP contribution in [0.2, 0.25) is 0 Å². The lowest BCUT2D eigenvalue weighted by atomic mass is 10.1. The van der Waals surface area contributed by atoms with Crippen molar-refractivity contribution in [1.82, 2.24) is 20.8 Å². The molecule has 0 fully saturated rings. The number of aromatic amines is 1. The first-order chi connectivity index (χ1) is 15.0. The smallest absolute Gasteiger partial charge is 0.293 e. The first-order valence-corrected chi connectivity index (χ1v) is 10.5. The van der Waals surface area contributed by atoms with Crippen LogP contribution in [0.4, 0.5) is 4.39 Å². The van der Waals surface area contributed by atoms with Gasteiger partial charge in [-0.05, 0) is 41.8 Å². The number of halogens is 1. The van der Waals surface area contributed by atoms with Gasteiger partial charge in [0.15, 0.2) is 0 Å². The van der Waals surface area contributed by atoms with E-state index in [0.29, 0.717) is 16.8 Å². The monoisotopic (exact) mass is 438 g/mol. The largest absolute Gasteiger partial charge is 0.350 e. The third kappa shape index (κ3) is 4.68. The van der Waals surface area contributed by atoms with Crippen LogP contribution in [0.15, 0.2) is 54.7 Å². The van der Waals surface area contributed by atoms with Gasteiger partial charge in [-0.2, -0.15) is 0 Å².